The molecule has 2 heterocycles. The van der Waals surface area contributed by atoms with Crippen molar-refractivity contribution < 1.29 is 0 Å². The van der Waals surface area contributed by atoms with Crippen LogP contribution in [0.15, 0.2) is 200 Å². The van der Waals surface area contributed by atoms with Gasteiger partial charge in [0.25, 0.3) is 6.71 Å². The van der Waals surface area contributed by atoms with E-state index in [1.165, 1.54) is 149 Å². The minimum atomic E-state index is -0.100. The summed E-state index contributed by atoms with van der Waals surface area (Å²) < 4.78 is 0. The topological polar surface area (TPSA) is 6.48 Å². The Bertz CT molecular complexity index is 4260. The molecule has 0 saturated heterocycles. The molecule has 14 rings (SSSR count). The van der Waals surface area contributed by atoms with Gasteiger partial charge in [0, 0.05) is 34.1 Å². The van der Waals surface area contributed by atoms with Crippen LogP contribution >= 0.6 is 0 Å². The zero-order valence-corrected chi connectivity index (χ0v) is 48.0. The Kier molecular flexibility index (Phi) is 10.7. The lowest BCUT2D eigenvalue weighted by Gasteiger charge is -2.45. The molecular formula is C76H69BN2. The van der Waals surface area contributed by atoms with E-state index in [0.717, 1.165) is 0 Å². The number of anilines is 6. The van der Waals surface area contributed by atoms with Gasteiger partial charge in [-0.2, -0.15) is 0 Å². The SMILES string of the molecule is CC(C)(C)c1cc(N2c3cc4c(ccc5ccccc54)cc3B3c4cc5ccc6ccccc6c5cc4N(c4cc(C(C)(C)C)cc(C(C)(C)C)c4)c4cc(-c5ccc6c(ccc7ccccc76)c5)cc2c43)cc(C(C)(C)C)c1. The normalized spacial score (nSPS) is 13.7. The fraction of sp³-hybridized carbons (Fsp3) is 0.211. The van der Waals surface area contributed by atoms with Gasteiger partial charge in [0.2, 0.25) is 0 Å². The summed E-state index contributed by atoms with van der Waals surface area (Å²) in [5.74, 6) is 0. The molecule has 0 aromatic heterocycles. The maximum absolute atomic E-state index is 2.68. The van der Waals surface area contributed by atoms with Gasteiger partial charge < -0.3 is 9.80 Å². The lowest BCUT2D eigenvalue weighted by Crippen LogP contribution is -2.61. The Labute approximate surface area is 467 Å². The number of fused-ring (bicyclic) bond motifs is 13. The number of nitrogens with zero attached hydrogens (tertiary/aromatic N) is 2. The molecular weight excluding hydrogens is 952 g/mol. The van der Waals surface area contributed by atoms with Crippen LogP contribution in [0.2, 0.25) is 0 Å². The monoisotopic (exact) mass is 1020 g/mol. The molecule has 12 aromatic carbocycles. The fourth-order valence-electron chi connectivity index (χ4n) is 13.1. The first-order valence-electron chi connectivity index (χ1n) is 28.6. The van der Waals surface area contributed by atoms with E-state index in [1.807, 2.05) is 0 Å². The molecule has 386 valence electrons. The average molecular weight is 1020 g/mol. The van der Waals surface area contributed by atoms with Crippen LogP contribution in [-0.2, 0) is 21.7 Å². The Morgan fingerprint density at radius 3 is 1.00 bits per heavy atom. The predicted octanol–water partition coefficient (Wildman–Crippen LogP) is 19.5. The van der Waals surface area contributed by atoms with Gasteiger partial charge in [0.15, 0.2) is 0 Å². The highest BCUT2D eigenvalue weighted by Crippen LogP contribution is 2.50. The van der Waals surface area contributed by atoms with Gasteiger partial charge in [-0.05, 0) is 191 Å². The molecule has 0 atom stereocenters. The molecule has 12 aromatic rings. The molecule has 0 unspecified atom stereocenters. The lowest BCUT2D eigenvalue weighted by atomic mass is 9.33. The number of benzene rings is 12. The van der Waals surface area contributed by atoms with Gasteiger partial charge in [0.05, 0.1) is 0 Å². The van der Waals surface area contributed by atoms with Gasteiger partial charge in [-0.25, -0.2) is 0 Å². The van der Waals surface area contributed by atoms with Gasteiger partial charge in [-0.1, -0.05) is 229 Å². The van der Waals surface area contributed by atoms with Gasteiger partial charge in [0.1, 0.15) is 0 Å². The summed E-state index contributed by atoms with van der Waals surface area (Å²) in [5, 5.41) is 15.1. The van der Waals surface area contributed by atoms with E-state index in [4.69, 9.17) is 0 Å². The molecule has 2 nitrogen and oxygen atoms in total. The summed E-state index contributed by atoms with van der Waals surface area (Å²) in [6.45, 7) is 28.3. The van der Waals surface area contributed by atoms with Crippen LogP contribution in [0.3, 0.4) is 0 Å². The van der Waals surface area contributed by atoms with Crippen molar-refractivity contribution >= 4 is 122 Å². The van der Waals surface area contributed by atoms with Crippen LogP contribution in [0, 0.1) is 0 Å². The summed E-state index contributed by atoms with van der Waals surface area (Å²) in [7, 11) is 0. The number of rotatable bonds is 3. The summed E-state index contributed by atoms with van der Waals surface area (Å²) in [5.41, 5.74) is 18.5. The Morgan fingerprint density at radius 1 is 0.266 bits per heavy atom. The van der Waals surface area contributed by atoms with E-state index in [-0.39, 0.29) is 28.4 Å². The molecule has 0 aliphatic carbocycles. The quantitative estimate of drug-likeness (QED) is 0.129. The van der Waals surface area contributed by atoms with Gasteiger partial charge >= 0.3 is 0 Å². The first-order chi connectivity index (χ1) is 37.7. The van der Waals surface area contributed by atoms with E-state index in [2.05, 4.69) is 293 Å². The third-order valence-electron chi connectivity index (χ3n) is 17.7. The molecule has 79 heavy (non-hydrogen) atoms. The lowest BCUT2D eigenvalue weighted by molar-refractivity contribution is 0.568. The van der Waals surface area contributed by atoms with Crippen molar-refractivity contribution in [3.8, 4) is 11.1 Å². The molecule has 0 amide bonds. The molecule has 0 spiro atoms. The van der Waals surface area contributed by atoms with Crippen LogP contribution in [0.4, 0.5) is 34.1 Å². The first-order valence-corrected chi connectivity index (χ1v) is 28.6. The zero-order valence-electron chi connectivity index (χ0n) is 48.0. The highest BCUT2D eigenvalue weighted by Gasteiger charge is 2.45. The number of hydrogen-bond donors (Lipinski definition) is 0. The Balaban J connectivity index is 1.17. The molecule has 0 bridgehead atoms. The van der Waals surface area contributed by atoms with Crippen LogP contribution < -0.4 is 26.2 Å². The molecule has 0 saturated carbocycles. The van der Waals surface area contributed by atoms with Gasteiger partial charge in [-0.3, -0.25) is 0 Å². The van der Waals surface area contributed by atoms with Crippen LogP contribution in [0.1, 0.15) is 105 Å². The highest BCUT2D eigenvalue weighted by atomic mass is 15.2. The summed E-state index contributed by atoms with van der Waals surface area (Å²) in [6, 6.07) is 78.0. The van der Waals surface area contributed by atoms with Crippen LogP contribution in [-0.4, -0.2) is 6.71 Å². The van der Waals surface area contributed by atoms with Crippen LogP contribution in [0.5, 0.6) is 0 Å². The van der Waals surface area contributed by atoms with E-state index in [1.54, 1.807) is 0 Å². The van der Waals surface area contributed by atoms with Crippen molar-refractivity contribution in [2.24, 2.45) is 0 Å². The Hall–Kier alpha value is -8.14. The molecule has 3 heteroatoms. The minimum absolute atomic E-state index is 0.0907. The summed E-state index contributed by atoms with van der Waals surface area (Å²) >= 11 is 0. The second kappa shape index (κ2) is 17.2. The maximum Gasteiger partial charge on any atom is 0.252 e. The second-order valence-electron chi connectivity index (χ2n) is 27.1. The van der Waals surface area contributed by atoms with E-state index >= 15 is 0 Å². The first kappa shape index (κ1) is 49.2. The maximum atomic E-state index is 2.68. The smallest absolute Gasteiger partial charge is 0.252 e. The third kappa shape index (κ3) is 7.98. The van der Waals surface area contributed by atoms with E-state index in [0.29, 0.717) is 0 Å². The largest absolute Gasteiger partial charge is 0.311 e. The van der Waals surface area contributed by atoms with E-state index in [9.17, 15) is 0 Å². The molecule has 0 N–H and O–H groups in total. The van der Waals surface area contributed by atoms with Crippen LogP contribution in [0.25, 0.3) is 75.8 Å². The molecule has 0 radical (unpaired) electrons. The van der Waals surface area contributed by atoms with Crippen molar-refractivity contribution in [1.29, 1.82) is 0 Å². The zero-order chi connectivity index (χ0) is 54.7. The molecule has 2 aliphatic rings. The highest BCUT2D eigenvalue weighted by molar-refractivity contribution is 7.00. The van der Waals surface area contributed by atoms with Crippen molar-refractivity contribution in [2.45, 2.75) is 105 Å². The predicted molar refractivity (Wildman–Crippen MR) is 346 cm³/mol. The molecule has 2 aliphatic heterocycles. The van der Waals surface area contributed by atoms with Gasteiger partial charge in [-0.15, -0.1) is 0 Å². The minimum Gasteiger partial charge on any atom is -0.311 e. The average Bonchev–Trinajstić information content (AvgIpc) is 2.91. The van der Waals surface area contributed by atoms with Crippen molar-refractivity contribution in [3.63, 3.8) is 0 Å². The number of hydrogen-bond acceptors (Lipinski definition) is 2. The molecule has 0 fully saturated rings. The Morgan fingerprint density at radius 2 is 0.608 bits per heavy atom. The standard InChI is InChI=1S/C76H69BN2/c1-73(2,3)54-38-55(74(4,5)6)41-58(40-54)78-68-44-64-51(29-26-47-20-14-17-23-61(47)64)34-66(68)77-67-35-52-30-27-48-21-15-18-24-62(48)65(52)45-69(67)79(59-42-56(75(7,8)9)39-57(43-59)76(10,11)12)71-37-53(36-70(78)72(71)77)49-31-32-63-50(33-49)28-25-46-19-13-16-22-60(46)63/h13-45H,1-12H3. The van der Waals surface area contributed by atoms with Crippen molar-refractivity contribution in [3.05, 3.63) is 222 Å². The third-order valence-corrected chi connectivity index (χ3v) is 17.7. The van der Waals surface area contributed by atoms with E-state index < -0.39 is 0 Å². The van der Waals surface area contributed by atoms with Crippen molar-refractivity contribution in [1.82, 2.24) is 0 Å². The summed E-state index contributed by atoms with van der Waals surface area (Å²) in [6.07, 6.45) is 0. The van der Waals surface area contributed by atoms with Crippen molar-refractivity contribution in [2.75, 3.05) is 9.80 Å². The second-order valence-corrected chi connectivity index (χ2v) is 27.1. The fourth-order valence-corrected chi connectivity index (χ4v) is 13.1. The summed E-state index contributed by atoms with van der Waals surface area (Å²) in [4.78, 5) is 5.36.